The van der Waals surface area contributed by atoms with Crippen molar-refractivity contribution in [3.8, 4) is 0 Å². The van der Waals surface area contributed by atoms with Crippen LogP contribution in [0.5, 0.6) is 0 Å². The van der Waals surface area contributed by atoms with Crippen molar-refractivity contribution in [2.24, 2.45) is 0 Å². The maximum Gasteiger partial charge on any atom is 0.335 e. The van der Waals surface area contributed by atoms with Crippen LogP contribution in [0.15, 0.2) is 48.5 Å². The molecule has 2 aromatic rings. The summed E-state index contributed by atoms with van der Waals surface area (Å²) in [6.45, 7) is 1.31. The SMILES string of the molecule is CN1CCCC(NC(=O)NCc2ccc(C(=O)O)cc2)c2ccccc21. The number of aromatic carboxylic acids is 1. The minimum atomic E-state index is -0.959. The first-order valence-corrected chi connectivity index (χ1v) is 8.71. The highest BCUT2D eigenvalue weighted by Gasteiger charge is 2.22. The third-order valence-electron chi connectivity index (χ3n) is 4.67. The summed E-state index contributed by atoms with van der Waals surface area (Å²) in [5.41, 5.74) is 3.37. The van der Waals surface area contributed by atoms with Crippen molar-refractivity contribution in [1.29, 1.82) is 0 Å². The van der Waals surface area contributed by atoms with Crippen molar-refractivity contribution < 1.29 is 14.7 Å². The number of carboxylic acid groups (broad SMARTS) is 1. The van der Waals surface area contributed by atoms with Crippen molar-refractivity contribution in [2.45, 2.75) is 25.4 Å². The molecule has 0 aromatic heterocycles. The van der Waals surface area contributed by atoms with Crippen molar-refractivity contribution in [2.75, 3.05) is 18.5 Å². The number of carboxylic acids is 1. The van der Waals surface area contributed by atoms with Crippen molar-refractivity contribution in [1.82, 2.24) is 10.6 Å². The molecule has 6 nitrogen and oxygen atoms in total. The highest BCUT2D eigenvalue weighted by Crippen LogP contribution is 2.31. The molecule has 2 amide bonds. The fourth-order valence-electron chi connectivity index (χ4n) is 3.25. The van der Waals surface area contributed by atoms with Crippen molar-refractivity contribution >= 4 is 17.7 Å². The number of hydrogen-bond donors (Lipinski definition) is 3. The van der Waals surface area contributed by atoms with Crippen molar-refractivity contribution in [3.63, 3.8) is 0 Å². The molecule has 1 atom stereocenters. The average Bonchev–Trinajstić information content (AvgIpc) is 2.80. The van der Waals surface area contributed by atoms with Crippen LogP contribution in [-0.4, -0.2) is 30.7 Å². The summed E-state index contributed by atoms with van der Waals surface area (Å²) < 4.78 is 0. The van der Waals surface area contributed by atoms with E-state index in [0.717, 1.165) is 36.2 Å². The summed E-state index contributed by atoms with van der Waals surface area (Å²) in [6.07, 6.45) is 1.90. The van der Waals surface area contributed by atoms with Gasteiger partial charge in [0.2, 0.25) is 0 Å². The predicted octanol–water partition coefficient (Wildman–Crippen LogP) is 3.16. The first kappa shape index (κ1) is 17.8. The van der Waals surface area contributed by atoms with Gasteiger partial charge in [-0.3, -0.25) is 0 Å². The Kier molecular flexibility index (Phi) is 5.41. The van der Waals surface area contributed by atoms with Crippen LogP contribution in [0.1, 0.15) is 40.4 Å². The van der Waals surface area contributed by atoms with E-state index >= 15 is 0 Å². The molecule has 3 N–H and O–H groups in total. The molecule has 1 aliphatic rings. The Morgan fingerprint density at radius 2 is 1.88 bits per heavy atom. The Morgan fingerprint density at radius 1 is 1.15 bits per heavy atom. The summed E-state index contributed by atoms with van der Waals surface area (Å²) in [7, 11) is 2.07. The Labute approximate surface area is 152 Å². The summed E-state index contributed by atoms with van der Waals surface area (Å²) >= 11 is 0. The number of carbonyl (C=O) groups excluding carboxylic acids is 1. The number of hydrogen-bond acceptors (Lipinski definition) is 3. The molecule has 26 heavy (non-hydrogen) atoms. The van der Waals surface area contributed by atoms with Crippen LogP contribution in [0.3, 0.4) is 0 Å². The van der Waals surface area contributed by atoms with Gasteiger partial charge in [-0.1, -0.05) is 30.3 Å². The monoisotopic (exact) mass is 353 g/mol. The van der Waals surface area contributed by atoms with E-state index in [1.807, 2.05) is 12.1 Å². The lowest BCUT2D eigenvalue weighted by atomic mass is 10.0. The molecule has 0 fully saturated rings. The first-order chi connectivity index (χ1) is 12.5. The summed E-state index contributed by atoms with van der Waals surface area (Å²) in [4.78, 5) is 25.4. The standard InChI is InChI=1S/C20H23N3O3/c1-23-12-4-6-17(16-5-2-3-7-18(16)23)22-20(26)21-13-14-8-10-15(11-9-14)19(24)25/h2-3,5,7-11,17H,4,6,12-13H2,1H3,(H,24,25)(H2,21,22,26). The molecule has 0 bridgehead atoms. The van der Waals surface area contributed by atoms with Crippen LogP contribution in [0.4, 0.5) is 10.5 Å². The number of para-hydroxylation sites is 1. The number of amides is 2. The number of nitrogens with zero attached hydrogens (tertiary/aromatic N) is 1. The predicted molar refractivity (Wildman–Crippen MR) is 100 cm³/mol. The van der Waals surface area contributed by atoms with Gasteiger partial charge in [0.15, 0.2) is 0 Å². The number of nitrogens with one attached hydrogen (secondary N) is 2. The Balaban J connectivity index is 1.61. The molecule has 136 valence electrons. The van der Waals surface area contributed by atoms with Crippen LogP contribution in [0.2, 0.25) is 0 Å². The topological polar surface area (TPSA) is 81.7 Å². The molecule has 0 saturated carbocycles. The van der Waals surface area contributed by atoms with Crippen LogP contribution in [-0.2, 0) is 6.54 Å². The fraction of sp³-hybridized carbons (Fsp3) is 0.300. The van der Waals surface area contributed by atoms with Crippen LogP contribution >= 0.6 is 0 Å². The van der Waals surface area contributed by atoms with Gasteiger partial charge in [0.05, 0.1) is 11.6 Å². The number of urea groups is 1. The Bertz CT molecular complexity index is 789. The lowest BCUT2D eigenvalue weighted by Crippen LogP contribution is -2.37. The molecule has 1 aliphatic heterocycles. The number of benzene rings is 2. The molecule has 2 aromatic carbocycles. The first-order valence-electron chi connectivity index (χ1n) is 8.71. The van der Waals surface area contributed by atoms with E-state index in [4.69, 9.17) is 5.11 Å². The third kappa shape index (κ3) is 4.14. The van der Waals surface area contributed by atoms with E-state index in [9.17, 15) is 9.59 Å². The maximum absolute atomic E-state index is 12.3. The van der Waals surface area contributed by atoms with E-state index in [1.165, 1.54) is 12.1 Å². The normalized spacial score (nSPS) is 16.3. The highest BCUT2D eigenvalue weighted by atomic mass is 16.4. The van der Waals surface area contributed by atoms with E-state index < -0.39 is 5.97 Å². The van der Waals surface area contributed by atoms with Gasteiger partial charge < -0.3 is 20.6 Å². The van der Waals surface area contributed by atoms with Gasteiger partial charge in [0.25, 0.3) is 0 Å². The van der Waals surface area contributed by atoms with Gasteiger partial charge in [-0.2, -0.15) is 0 Å². The van der Waals surface area contributed by atoms with Gasteiger partial charge in [-0.05, 0) is 42.2 Å². The number of rotatable bonds is 4. The van der Waals surface area contributed by atoms with Gasteiger partial charge in [-0.25, -0.2) is 9.59 Å². The molecular weight excluding hydrogens is 330 g/mol. The van der Waals surface area contributed by atoms with Gasteiger partial charge in [0, 0.05) is 25.8 Å². The van der Waals surface area contributed by atoms with E-state index in [-0.39, 0.29) is 17.6 Å². The zero-order valence-electron chi connectivity index (χ0n) is 14.7. The van der Waals surface area contributed by atoms with E-state index in [1.54, 1.807) is 12.1 Å². The van der Waals surface area contributed by atoms with Crippen LogP contribution in [0.25, 0.3) is 0 Å². The van der Waals surface area contributed by atoms with Gasteiger partial charge in [-0.15, -0.1) is 0 Å². The van der Waals surface area contributed by atoms with Gasteiger partial charge in [0.1, 0.15) is 0 Å². The molecule has 0 radical (unpaired) electrons. The van der Waals surface area contributed by atoms with Crippen LogP contribution in [0, 0.1) is 0 Å². The number of carbonyl (C=O) groups is 2. The molecule has 6 heteroatoms. The van der Waals surface area contributed by atoms with Crippen molar-refractivity contribution in [3.05, 3.63) is 65.2 Å². The lowest BCUT2D eigenvalue weighted by molar-refractivity contribution is 0.0697. The third-order valence-corrected chi connectivity index (χ3v) is 4.67. The average molecular weight is 353 g/mol. The minimum absolute atomic E-state index is 0.0227. The zero-order valence-corrected chi connectivity index (χ0v) is 14.7. The highest BCUT2D eigenvalue weighted by molar-refractivity contribution is 5.87. The molecule has 0 spiro atoms. The second-order valence-corrected chi connectivity index (χ2v) is 6.50. The maximum atomic E-state index is 12.3. The zero-order chi connectivity index (χ0) is 18.5. The molecule has 0 aliphatic carbocycles. The largest absolute Gasteiger partial charge is 0.478 e. The molecule has 3 rings (SSSR count). The minimum Gasteiger partial charge on any atom is -0.478 e. The van der Waals surface area contributed by atoms with Gasteiger partial charge >= 0.3 is 12.0 Å². The fourth-order valence-corrected chi connectivity index (χ4v) is 3.25. The lowest BCUT2D eigenvalue weighted by Gasteiger charge is -2.22. The van der Waals surface area contributed by atoms with E-state index in [0.29, 0.717) is 6.54 Å². The molecule has 1 unspecified atom stereocenters. The smallest absolute Gasteiger partial charge is 0.335 e. The second kappa shape index (κ2) is 7.91. The number of fused-ring (bicyclic) bond motifs is 1. The van der Waals surface area contributed by atoms with E-state index in [2.05, 4.69) is 34.7 Å². The molecular formula is C20H23N3O3. The molecule has 1 heterocycles. The Morgan fingerprint density at radius 3 is 2.62 bits per heavy atom. The Hall–Kier alpha value is -3.02. The van der Waals surface area contributed by atoms with Crippen LogP contribution < -0.4 is 15.5 Å². The summed E-state index contributed by atoms with van der Waals surface area (Å²) in [6, 6.07) is 14.4. The quantitative estimate of drug-likeness (QED) is 0.789. The summed E-state index contributed by atoms with van der Waals surface area (Å²) in [5, 5.41) is 14.8. The second-order valence-electron chi connectivity index (χ2n) is 6.50. The summed E-state index contributed by atoms with van der Waals surface area (Å²) in [5.74, 6) is -0.959. The number of anilines is 1. The molecule has 0 saturated heterocycles.